The predicted octanol–water partition coefficient (Wildman–Crippen LogP) is 6.98. The third-order valence-corrected chi connectivity index (χ3v) is 6.48. The fourth-order valence-electron chi connectivity index (χ4n) is 3.67. The quantitative estimate of drug-likeness (QED) is 0.514. The van der Waals surface area contributed by atoms with Crippen LogP contribution in [0.2, 0.25) is 0 Å². The van der Waals surface area contributed by atoms with E-state index in [2.05, 4.69) is 44.2 Å². The van der Waals surface area contributed by atoms with Gasteiger partial charge in [-0.1, -0.05) is 63.1 Å². The van der Waals surface area contributed by atoms with E-state index in [9.17, 15) is 4.39 Å². The molecule has 0 saturated heterocycles. The number of rotatable bonds is 5. The first-order chi connectivity index (χ1) is 11.7. The van der Waals surface area contributed by atoms with Gasteiger partial charge >= 0.3 is 0 Å². The molecule has 1 atom stereocenters. The Morgan fingerprint density at radius 2 is 1.62 bits per heavy atom. The molecule has 0 aromatic heterocycles. The van der Waals surface area contributed by atoms with Crippen molar-refractivity contribution in [3.8, 4) is 11.1 Å². The highest BCUT2D eigenvalue weighted by atomic mass is 31.1. The van der Waals surface area contributed by atoms with Gasteiger partial charge in [0.15, 0.2) is 0 Å². The molecule has 0 aliphatic heterocycles. The van der Waals surface area contributed by atoms with Gasteiger partial charge in [0.05, 0.1) is 0 Å². The summed E-state index contributed by atoms with van der Waals surface area (Å²) in [4.78, 5) is 0. The normalized spacial score (nSPS) is 21.5. The highest BCUT2D eigenvalue weighted by molar-refractivity contribution is 7.37. The van der Waals surface area contributed by atoms with Gasteiger partial charge in [-0.15, -0.1) is 8.58 Å². The maximum atomic E-state index is 14.3. The molecule has 0 spiro atoms. The van der Waals surface area contributed by atoms with Crippen molar-refractivity contribution in [3.63, 3.8) is 0 Å². The summed E-state index contributed by atoms with van der Waals surface area (Å²) in [5.41, 5.74) is 4.41. The molecule has 128 valence electrons. The van der Waals surface area contributed by atoms with E-state index >= 15 is 0 Å². The van der Waals surface area contributed by atoms with Crippen LogP contribution in [-0.2, 0) is 6.16 Å². The van der Waals surface area contributed by atoms with E-state index in [4.69, 9.17) is 0 Å². The average molecular weight is 342 g/mol. The second-order valence-corrected chi connectivity index (χ2v) is 8.73. The SMILES string of the molecule is CCPCc1ccc(-c2ccc(C3CCC(C)CC3)cc2)cc1F. The van der Waals surface area contributed by atoms with Crippen molar-refractivity contribution in [1.29, 1.82) is 0 Å². The molecule has 0 bridgehead atoms. The third kappa shape index (κ3) is 4.25. The minimum absolute atomic E-state index is 0.0567. The summed E-state index contributed by atoms with van der Waals surface area (Å²) in [7, 11) is 0.810. The zero-order chi connectivity index (χ0) is 16.9. The van der Waals surface area contributed by atoms with E-state index < -0.39 is 0 Å². The summed E-state index contributed by atoms with van der Waals surface area (Å²) >= 11 is 0. The Morgan fingerprint density at radius 1 is 0.958 bits per heavy atom. The molecule has 0 heterocycles. The Kier molecular flexibility index (Phi) is 6.06. The maximum absolute atomic E-state index is 14.3. The molecule has 1 saturated carbocycles. The van der Waals surface area contributed by atoms with E-state index in [1.54, 1.807) is 6.07 Å². The average Bonchev–Trinajstić information content (AvgIpc) is 2.61. The highest BCUT2D eigenvalue weighted by Crippen LogP contribution is 2.36. The van der Waals surface area contributed by atoms with Crippen molar-refractivity contribution >= 4 is 8.58 Å². The van der Waals surface area contributed by atoms with E-state index in [0.29, 0.717) is 5.92 Å². The lowest BCUT2D eigenvalue weighted by Gasteiger charge is -2.26. The molecule has 1 unspecified atom stereocenters. The fourth-order valence-corrected chi connectivity index (χ4v) is 4.48. The molecule has 0 nitrogen and oxygen atoms in total. The third-order valence-electron chi connectivity index (χ3n) is 5.35. The summed E-state index contributed by atoms with van der Waals surface area (Å²) in [6, 6.07) is 14.6. The van der Waals surface area contributed by atoms with E-state index in [1.807, 2.05) is 6.07 Å². The number of hydrogen-bond donors (Lipinski definition) is 0. The lowest BCUT2D eigenvalue weighted by atomic mass is 9.79. The van der Waals surface area contributed by atoms with Crippen LogP contribution in [0.25, 0.3) is 11.1 Å². The van der Waals surface area contributed by atoms with Crippen LogP contribution < -0.4 is 0 Å². The number of hydrogen-bond acceptors (Lipinski definition) is 0. The molecule has 2 heteroatoms. The molecule has 0 radical (unpaired) electrons. The molecule has 0 N–H and O–H groups in total. The largest absolute Gasteiger partial charge is 0.207 e. The first-order valence-corrected chi connectivity index (χ1v) is 10.7. The van der Waals surface area contributed by atoms with Crippen LogP contribution >= 0.6 is 8.58 Å². The molecule has 1 aliphatic rings. The first-order valence-electron chi connectivity index (χ1n) is 9.27. The summed E-state index contributed by atoms with van der Waals surface area (Å²) in [6.45, 7) is 4.51. The second kappa shape index (κ2) is 8.26. The summed E-state index contributed by atoms with van der Waals surface area (Å²) in [5.74, 6) is 1.54. The molecular weight excluding hydrogens is 314 g/mol. The van der Waals surface area contributed by atoms with Gasteiger partial charge in [-0.3, -0.25) is 0 Å². The highest BCUT2D eigenvalue weighted by Gasteiger charge is 2.19. The summed E-state index contributed by atoms with van der Waals surface area (Å²) in [6.07, 6.45) is 7.30. The van der Waals surface area contributed by atoms with Gasteiger partial charge in [-0.25, -0.2) is 4.39 Å². The van der Waals surface area contributed by atoms with Crippen molar-refractivity contribution in [2.45, 2.75) is 51.6 Å². The zero-order valence-corrected chi connectivity index (χ0v) is 15.8. The van der Waals surface area contributed by atoms with Gasteiger partial charge in [0.1, 0.15) is 5.82 Å². The van der Waals surface area contributed by atoms with Crippen LogP contribution in [0.15, 0.2) is 42.5 Å². The van der Waals surface area contributed by atoms with Crippen molar-refractivity contribution < 1.29 is 4.39 Å². The van der Waals surface area contributed by atoms with Crippen LogP contribution in [0.5, 0.6) is 0 Å². The Labute approximate surface area is 147 Å². The lowest BCUT2D eigenvalue weighted by molar-refractivity contribution is 0.348. The summed E-state index contributed by atoms with van der Waals surface area (Å²) < 4.78 is 14.3. The Balaban J connectivity index is 1.72. The van der Waals surface area contributed by atoms with Gasteiger partial charge in [-0.2, -0.15) is 0 Å². The van der Waals surface area contributed by atoms with Gasteiger partial charge in [-0.05, 0) is 65.3 Å². The molecule has 2 aromatic carbocycles. The molecule has 1 fully saturated rings. The minimum atomic E-state index is -0.0567. The minimum Gasteiger partial charge on any atom is -0.207 e. The summed E-state index contributed by atoms with van der Waals surface area (Å²) in [5, 5.41) is 0. The van der Waals surface area contributed by atoms with Crippen molar-refractivity contribution in [2.24, 2.45) is 5.92 Å². The molecule has 3 rings (SSSR count). The van der Waals surface area contributed by atoms with E-state index in [-0.39, 0.29) is 5.82 Å². The molecule has 0 amide bonds. The number of halogens is 1. The Bertz CT molecular complexity index is 654. The van der Waals surface area contributed by atoms with Crippen molar-refractivity contribution in [2.75, 3.05) is 6.16 Å². The molecule has 24 heavy (non-hydrogen) atoms. The first kappa shape index (κ1) is 17.6. The predicted molar refractivity (Wildman–Crippen MR) is 105 cm³/mol. The topological polar surface area (TPSA) is 0 Å². The zero-order valence-electron chi connectivity index (χ0n) is 14.8. The Morgan fingerprint density at radius 3 is 2.25 bits per heavy atom. The molecule has 2 aromatic rings. The van der Waals surface area contributed by atoms with Crippen molar-refractivity contribution in [1.82, 2.24) is 0 Å². The van der Waals surface area contributed by atoms with Crippen LogP contribution in [0.3, 0.4) is 0 Å². The smallest absolute Gasteiger partial charge is 0.127 e. The Hall–Kier alpha value is -1.20. The van der Waals surface area contributed by atoms with Crippen molar-refractivity contribution in [3.05, 3.63) is 59.4 Å². The lowest BCUT2D eigenvalue weighted by Crippen LogP contribution is -2.10. The molecule has 1 aliphatic carbocycles. The van der Waals surface area contributed by atoms with Gasteiger partial charge in [0, 0.05) is 0 Å². The fraction of sp³-hybridized carbons (Fsp3) is 0.455. The van der Waals surface area contributed by atoms with Crippen LogP contribution in [-0.4, -0.2) is 6.16 Å². The number of benzene rings is 2. The standard InChI is InChI=1S/C22H28FP/c1-3-24-15-21-13-12-20(14-22(21)23)19-10-8-18(9-11-19)17-6-4-16(2)5-7-17/h8-14,16-17,24H,3-7,15H2,1-2H3. The maximum Gasteiger partial charge on any atom is 0.127 e. The van der Waals surface area contributed by atoms with E-state index in [1.165, 1.54) is 31.2 Å². The molecular formula is C22H28FP. The van der Waals surface area contributed by atoms with Crippen LogP contribution in [0.4, 0.5) is 4.39 Å². The van der Waals surface area contributed by atoms with Crippen LogP contribution in [0, 0.1) is 11.7 Å². The van der Waals surface area contributed by atoms with Gasteiger partial charge in [0.25, 0.3) is 0 Å². The van der Waals surface area contributed by atoms with E-state index in [0.717, 1.165) is 43.5 Å². The van der Waals surface area contributed by atoms with Crippen LogP contribution in [0.1, 0.15) is 56.6 Å². The monoisotopic (exact) mass is 342 g/mol. The van der Waals surface area contributed by atoms with Gasteiger partial charge < -0.3 is 0 Å². The van der Waals surface area contributed by atoms with Gasteiger partial charge in [0.2, 0.25) is 0 Å². The second-order valence-electron chi connectivity index (χ2n) is 7.17.